The topological polar surface area (TPSA) is 77.6 Å². The summed E-state index contributed by atoms with van der Waals surface area (Å²) in [4.78, 5) is 12.6. The molecule has 7 nitrogen and oxygen atoms in total. The van der Waals surface area contributed by atoms with Gasteiger partial charge in [-0.25, -0.2) is 9.07 Å². The first-order valence-electron chi connectivity index (χ1n) is 9.44. The van der Waals surface area contributed by atoms with E-state index in [-0.39, 0.29) is 12.2 Å². The molecule has 0 aliphatic heterocycles. The van der Waals surface area contributed by atoms with Gasteiger partial charge >= 0.3 is 6.18 Å². The number of hydrogen-bond acceptors (Lipinski definition) is 4. The molecule has 0 saturated heterocycles. The van der Waals surface area contributed by atoms with Crippen LogP contribution in [0.1, 0.15) is 27.3 Å². The molecule has 0 atom stereocenters. The maximum absolute atomic E-state index is 13.7. The first kappa shape index (κ1) is 21.2. The highest BCUT2D eigenvalue weighted by Crippen LogP contribution is 2.32. The molecule has 32 heavy (non-hydrogen) atoms. The Balaban J connectivity index is 1.59. The smallest absolute Gasteiger partial charge is 0.346 e. The van der Waals surface area contributed by atoms with Crippen LogP contribution >= 0.6 is 0 Å². The summed E-state index contributed by atoms with van der Waals surface area (Å²) < 4.78 is 56.8. The summed E-state index contributed by atoms with van der Waals surface area (Å²) in [6, 6.07) is 13.4. The molecule has 2 aromatic heterocycles. The van der Waals surface area contributed by atoms with Crippen LogP contribution in [0.25, 0.3) is 5.69 Å². The molecule has 0 aliphatic carbocycles. The van der Waals surface area contributed by atoms with Crippen LogP contribution < -0.4 is 5.32 Å². The Morgan fingerprint density at radius 1 is 1.03 bits per heavy atom. The number of nitrogens with one attached hydrogen (secondary N) is 1. The second kappa shape index (κ2) is 8.61. The molecule has 0 unspecified atom stereocenters. The van der Waals surface area contributed by atoms with Gasteiger partial charge in [0, 0.05) is 18.9 Å². The Labute approximate surface area is 179 Å². The third kappa shape index (κ3) is 4.51. The van der Waals surface area contributed by atoms with Gasteiger partial charge in [-0.15, -0.1) is 5.10 Å². The number of carbonyl (C=O) groups is 1. The summed E-state index contributed by atoms with van der Waals surface area (Å²) in [5.41, 5.74) is -0.927. The van der Waals surface area contributed by atoms with E-state index in [4.69, 9.17) is 0 Å². The molecule has 4 aromatic rings. The molecule has 0 radical (unpaired) electrons. The molecular weight excluding hydrogens is 428 g/mol. The minimum Gasteiger partial charge on any atom is -0.346 e. The van der Waals surface area contributed by atoms with Crippen LogP contribution in [0.3, 0.4) is 0 Å². The lowest BCUT2D eigenvalue weighted by atomic mass is 10.1. The SMILES string of the molecule is O=C(NCc1ccccc1Cn1cccn1)c1nnn(-c2cccc(F)c2)c1C(F)(F)F. The molecule has 0 aliphatic rings. The van der Waals surface area contributed by atoms with Gasteiger partial charge < -0.3 is 5.32 Å². The van der Waals surface area contributed by atoms with Gasteiger partial charge in [-0.2, -0.15) is 18.3 Å². The van der Waals surface area contributed by atoms with Crippen LogP contribution in [0.2, 0.25) is 0 Å². The number of halogens is 4. The van der Waals surface area contributed by atoms with Gasteiger partial charge in [-0.05, 0) is 35.4 Å². The maximum Gasteiger partial charge on any atom is 0.435 e. The average molecular weight is 444 g/mol. The van der Waals surface area contributed by atoms with Crippen LogP contribution in [0.5, 0.6) is 0 Å². The average Bonchev–Trinajstić information content (AvgIpc) is 3.42. The van der Waals surface area contributed by atoms with Crippen molar-refractivity contribution in [3.63, 3.8) is 0 Å². The molecular formula is C21H16F4N6O. The van der Waals surface area contributed by atoms with E-state index in [0.29, 0.717) is 16.8 Å². The van der Waals surface area contributed by atoms with Gasteiger partial charge in [0.15, 0.2) is 11.4 Å². The van der Waals surface area contributed by atoms with Crippen LogP contribution in [-0.4, -0.2) is 30.7 Å². The Morgan fingerprint density at radius 3 is 2.50 bits per heavy atom. The van der Waals surface area contributed by atoms with Gasteiger partial charge in [0.25, 0.3) is 5.91 Å². The zero-order chi connectivity index (χ0) is 22.7. The van der Waals surface area contributed by atoms with Crippen LogP contribution in [-0.2, 0) is 19.3 Å². The molecule has 2 heterocycles. The van der Waals surface area contributed by atoms with Crippen molar-refractivity contribution < 1.29 is 22.4 Å². The zero-order valence-electron chi connectivity index (χ0n) is 16.4. The van der Waals surface area contributed by atoms with Crippen molar-refractivity contribution >= 4 is 5.91 Å². The fourth-order valence-corrected chi connectivity index (χ4v) is 3.19. The first-order valence-corrected chi connectivity index (χ1v) is 9.44. The lowest BCUT2D eigenvalue weighted by molar-refractivity contribution is -0.143. The minimum absolute atomic E-state index is 0.0274. The fraction of sp³-hybridized carbons (Fsp3) is 0.143. The molecule has 164 valence electrons. The first-order chi connectivity index (χ1) is 15.3. The Morgan fingerprint density at radius 2 is 1.81 bits per heavy atom. The Kier molecular flexibility index (Phi) is 5.71. The molecule has 0 saturated carbocycles. The van der Waals surface area contributed by atoms with Crippen molar-refractivity contribution in [2.45, 2.75) is 19.3 Å². The van der Waals surface area contributed by atoms with E-state index in [0.717, 1.165) is 17.7 Å². The van der Waals surface area contributed by atoms with E-state index in [1.54, 1.807) is 35.3 Å². The largest absolute Gasteiger partial charge is 0.435 e. The van der Waals surface area contributed by atoms with Crippen molar-refractivity contribution in [2.24, 2.45) is 0 Å². The number of hydrogen-bond donors (Lipinski definition) is 1. The summed E-state index contributed by atoms with van der Waals surface area (Å²) in [7, 11) is 0. The molecule has 11 heteroatoms. The predicted octanol–water partition coefficient (Wildman–Crippen LogP) is 3.60. The number of alkyl halides is 3. The molecule has 4 rings (SSSR count). The van der Waals surface area contributed by atoms with Gasteiger partial charge in [0.05, 0.1) is 12.2 Å². The van der Waals surface area contributed by atoms with Gasteiger partial charge in [-0.3, -0.25) is 9.48 Å². The summed E-state index contributed by atoms with van der Waals surface area (Å²) in [6.07, 6.45) is -1.54. The van der Waals surface area contributed by atoms with Gasteiger partial charge in [0.1, 0.15) is 5.82 Å². The van der Waals surface area contributed by atoms with Crippen LogP contribution in [0.15, 0.2) is 67.0 Å². The lowest BCUT2D eigenvalue weighted by Crippen LogP contribution is -2.27. The van der Waals surface area contributed by atoms with Crippen LogP contribution in [0, 0.1) is 5.82 Å². The summed E-state index contributed by atoms with van der Waals surface area (Å²) in [5.74, 6) is -1.79. The zero-order valence-corrected chi connectivity index (χ0v) is 16.4. The highest BCUT2D eigenvalue weighted by molar-refractivity contribution is 5.93. The molecule has 0 fully saturated rings. The molecule has 1 amide bonds. The second-order valence-corrected chi connectivity index (χ2v) is 6.83. The normalized spacial score (nSPS) is 11.5. The van der Waals surface area contributed by atoms with E-state index in [1.165, 1.54) is 12.1 Å². The monoisotopic (exact) mass is 444 g/mol. The molecule has 0 spiro atoms. The van der Waals surface area contributed by atoms with Crippen molar-refractivity contribution in [3.05, 3.63) is 95.3 Å². The van der Waals surface area contributed by atoms with E-state index >= 15 is 0 Å². The number of carbonyl (C=O) groups excluding carboxylic acids is 1. The highest BCUT2D eigenvalue weighted by Gasteiger charge is 2.42. The van der Waals surface area contributed by atoms with Gasteiger partial charge in [-0.1, -0.05) is 35.5 Å². The van der Waals surface area contributed by atoms with Crippen molar-refractivity contribution in [3.8, 4) is 5.69 Å². The number of amides is 1. The fourth-order valence-electron chi connectivity index (χ4n) is 3.19. The highest BCUT2D eigenvalue weighted by atomic mass is 19.4. The molecule has 1 N–H and O–H groups in total. The van der Waals surface area contributed by atoms with Gasteiger partial charge in [0.2, 0.25) is 0 Å². The summed E-state index contributed by atoms with van der Waals surface area (Å²) >= 11 is 0. The maximum atomic E-state index is 13.7. The standard InChI is InChI=1S/C21H16F4N6O/c22-16-7-3-8-17(11-16)31-19(21(23,24)25)18(28-29-31)20(32)26-12-14-5-1-2-6-15(14)13-30-10-4-9-27-30/h1-11H,12-13H2,(H,26,32). The second-order valence-electron chi connectivity index (χ2n) is 6.83. The van der Waals surface area contributed by atoms with E-state index in [9.17, 15) is 22.4 Å². The van der Waals surface area contributed by atoms with Crippen molar-refractivity contribution in [2.75, 3.05) is 0 Å². The Bertz CT molecular complexity index is 1230. The number of benzene rings is 2. The molecule has 0 bridgehead atoms. The Hall–Kier alpha value is -4.02. The minimum atomic E-state index is -4.94. The van der Waals surface area contributed by atoms with Crippen molar-refractivity contribution in [1.29, 1.82) is 0 Å². The number of aromatic nitrogens is 5. The van der Waals surface area contributed by atoms with E-state index in [1.807, 2.05) is 12.1 Å². The van der Waals surface area contributed by atoms with Crippen molar-refractivity contribution in [1.82, 2.24) is 30.1 Å². The quantitative estimate of drug-likeness (QED) is 0.461. The van der Waals surface area contributed by atoms with E-state index in [2.05, 4.69) is 20.7 Å². The summed E-state index contributed by atoms with van der Waals surface area (Å²) in [5, 5.41) is 13.5. The molecule has 2 aromatic carbocycles. The summed E-state index contributed by atoms with van der Waals surface area (Å²) in [6.45, 7) is 0.406. The number of nitrogens with zero attached hydrogens (tertiary/aromatic N) is 5. The predicted molar refractivity (Wildman–Crippen MR) is 105 cm³/mol. The third-order valence-electron chi connectivity index (χ3n) is 4.66. The third-order valence-corrected chi connectivity index (χ3v) is 4.66. The van der Waals surface area contributed by atoms with Crippen LogP contribution in [0.4, 0.5) is 17.6 Å². The van der Waals surface area contributed by atoms with E-state index < -0.39 is 29.3 Å². The number of rotatable bonds is 6. The lowest BCUT2D eigenvalue weighted by Gasteiger charge is -2.13.